The molecule has 1 aromatic heterocycles. The number of carbonyl (C=O) groups is 2. The minimum absolute atomic E-state index is 0.163. The van der Waals surface area contributed by atoms with Crippen LogP contribution in [0.5, 0.6) is 11.5 Å². The van der Waals surface area contributed by atoms with E-state index in [-0.39, 0.29) is 18.4 Å². The van der Waals surface area contributed by atoms with Gasteiger partial charge in [-0.1, -0.05) is 17.7 Å². The molecule has 3 aromatic rings. The Morgan fingerprint density at radius 2 is 1.75 bits per heavy atom. The maximum atomic E-state index is 12.2. The van der Waals surface area contributed by atoms with Gasteiger partial charge in [0.1, 0.15) is 0 Å². The van der Waals surface area contributed by atoms with E-state index in [1.165, 1.54) is 18.6 Å². The van der Waals surface area contributed by atoms with Gasteiger partial charge in [-0.05, 0) is 61.9 Å². The van der Waals surface area contributed by atoms with Crippen LogP contribution in [0.4, 0.5) is 5.69 Å². The molecule has 0 saturated carbocycles. The normalized spacial score (nSPS) is 10.6. The van der Waals surface area contributed by atoms with Crippen LogP contribution in [0.2, 0.25) is 0 Å². The molecule has 8 heteroatoms. The zero-order chi connectivity index (χ0) is 22.8. The lowest BCUT2D eigenvalue weighted by Gasteiger charge is -2.12. The lowest BCUT2D eigenvalue weighted by atomic mass is 10.2. The number of aromatic nitrogens is 1. The molecule has 0 radical (unpaired) electrons. The molecular formula is C24H24N4O4. The molecule has 0 aliphatic rings. The summed E-state index contributed by atoms with van der Waals surface area (Å²) in [6.45, 7) is 4.09. The fourth-order valence-electron chi connectivity index (χ4n) is 2.70. The second-order valence-corrected chi connectivity index (χ2v) is 6.78. The maximum absolute atomic E-state index is 12.2. The number of pyridine rings is 1. The Bertz CT molecular complexity index is 1080. The van der Waals surface area contributed by atoms with E-state index in [0.717, 1.165) is 5.56 Å². The average Bonchev–Trinajstić information content (AvgIpc) is 2.81. The minimum atomic E-state index is -0.340. The van der Waals surface area contributed by atoms with Crippen molar-refractivity contribution in [2.75, 3.05) is 18.5 Å². The van der Waals surface area contributed by atoms with Crippen LogP contribution < -0.4 is 20.2 Å². The van der Waals surface area contributed by atoms with Gasteiger partial charge in [0.25, 0.3) is 11.8 Å². The molecule has 0 bridgehead atoms. The number of anilines is 1. The van der Waals surface area contributed by atoms with Crippen molar-refractivity contribution in [3.63, 3.8) is 0 Å². The lowest BCUT2D eigenvalue weighted by Crippen LogP contribution is -2.20. The number of hydrazone groups is 1. The number of hydrogen-bond acceptors (Lipinski definition) is 6. The molecule has 0 fully saturated rings. The van der Waals surface area contributed by atoms with Crippen molar-refractivity contribution < 1.29 is 19.1 Å². The predicted molar refractivity (Wildman–Crippen MR) is 122 cm³/mol. The fraction of sp³-hybridized carbons (Fsp3) is 0.167. The van der Waals surface area contributed by atoms with E-state index in [2.05, 4.69) is 20.8 Å². The zero-order valence-corrected chi connectivity index (χ0v) is 17.9. The Balaban J connectivity index is 1.59. The quantitative estimate of drug-likeness (QED) is 0.398. The van der Waals surface area contributed by atoms with Crippen molar-refractivity contribution in [2.45, 2.75) is 13.8 Å². The Hall–Kier alpha value is -4.20. The average molecular weight is 432 g/mol. The molecule has 0 aliphatic carbocycles. The molecule has 32 heavy (non-hydrogen) atoms. The standard InChI is InChI=1S/C24H24N4O4/c1-3-31-22-14-18(15-26-28-24(30)19-10-12-25-13-11-19)6-9-21(22)32-16-23(29)27-20-7-4-17(2)5-8-20/h4-15H,3,16H2,1-2H3,(H,27,29)(H,28,30)/b26-15-. The molecule has 0 saturated heterocycles. The molecule has 2 amide bonds. The van der Waals surface area contributed by atoms with E-state index in [0.29, 0.717) is 34.9 Å². The highest BCUT2D eigenvalue weighted by Crippen LogP contribution is 2.28. The van der Waals surface area contributed by atoms with Gasteiger partial charge in [-0.2, -0.15) is 5.10 Å². The molecule has 1 heterocycles. The summed E-state index contributed by atoms with van der Waals surface area (Å²) in [5.41, 5.74) is 5.43. The number of rotatable bonds is 9. The first-order valence-corrected chi connectivity index (χ1v) is 10.0. The Kier molecular flexibility index (Phi) is 7.91. The molecule has 2 aromatic carbocycles. The Labute approximate surface area is 186 Å². The second-order valence-electron chi connectivity index (χ2n) is 6.78. The molecule has 0 spiro atoms. The summed E-state index contributed by atoms with van der Waals surface area (Å²) in [4.78, 5) is 28.1. The number of nitrogens with zero attached hydrogens (tertiary/aromatic N) is 2. The van der Waals surface area contributed by atoms with Crippen LogP contribution in [0.25, 0.3) is 0 Å². The smallest absolute Gasteiger partial charge is 0.271 e. The molecule has 164 valence electrons. The number of hydrogen-bond donors (Lipinski definition) is 2. The highest BCUT2D eigenvalue weighted by atomic mass is 16.5. The first-order chi connectivity index (χ1) is 15.5. The van der Waals surface area contributed by atoms with Crippen molar-refractivity contribution in [3.05, 3.63) is 83.7 Å². The summed E-state index contributed by atoms with van der Waals surface area (Å²) in [6.07, 6.45) is 4.56. The van der Waals surface area contributed by atoms with Gasteiger partial charge in [0, 0.05) is 23.6 Å². The molecule has 2 N–H and O–H groups in total. The molecule has 3 rings (SSSR count). The van der Waals surface area contributed by atoms with E-state index in [4.69, 9.17) is 9.47 Å². The van der Waals surface area contributed by atoms with Crippen LogP contribution in [-0.4, -0.2) is 36.2 Å². The lowest BCUT2D eigenvalue weighted by molar-refractivity contribution is -0.118. The summed E-state index contributed by atoms with van der Waals surface area (Å²) >= 11 is 0. The Morgan fingerprint density at radius 1 is 1.00 bits per heavy atom. The first kappa shape index (κ1) is 22.5. The van der Waals surface area contributed by atoms with Gasteiger partial charge in [-0.3, -0.25) is 14.6 Å². The number of benzene rings is 2. The second kappa shape index (κ2) is 11.3. The van der Waals surface area contributed by atoms with Crippen LogP contribution >= 0.6 is 0 Å². The van der Waals surface area contributed by atoms with E-state index >= 15 is 0 Å². The van der Waals surface area contributed by atoms with Gasteiger partial charge in [-0.25, -0.2) is 5.43 Å². The predicted octanol–water partition coefficient (Wildman–Crippen LogP) is 3.57. The summed E-state index contributed by atoms with van der Waals surface area (Å²) in [7, 11) is 0. The van der Waals surface area contributed by atoms with Crippen LogP contribution in [0.15, 0.2) is 72.1 Å². The van der Waals surface area contributed by atoms with Gasteiger partial charge >= 0.3 is 0 Å². The highest BCUT2D eigenvalue weighted by molar-refractivity contribution is 5.94. The molecule has 8 nitrogen and oxygen atoms in total. The third kappa shape index (κ3) is 6.66. The van der Waals surface area contributed by atoms with E-state index in [9.17, 15) is 9.59 Å². The van der Waals surface area contributed by atoms with Crippen LogP contribution in [0.3, 0.4) is 0 Å². The third-order valence-corrected chi connectivity index (χ3v) is 4.28. The molecular weight excluding hydrogens is 408 g/mol. The highest BCUT2D eigenvalue weighted by Gasteiger charge is 2.10. The topological polar surface area (TPSA) is 102 Å². The van der Waals surface area contributed by atoms with Crippen molar-refractivity contribution in [2.24, 2.45) is 5.10 Å². The van der Waals surface area contributed by atoms with Gasteiger partial charge in [-0.15, -0.1) is 0 Å². The maximum Gasteiger partial charge on any atom is 0.271 e. The number of aryl methyl sites for hydroxylation is 1. The van der Waals surface area contributed by atoms with Crippen LogP contribution in [0, 0.1) is 6.92 Å². The van der Waals surface area contributed by atoms with Crippen LogP contribution in [0.1, 0.15) is 28.4 Å². The van der Waals surface area contributed by atoms with E-state index < -0.39 is 0 Å². The minimum Gasteiger partial charge on any atom is -0.490 e. The van der Waals surface area contributed by atoms with Crippen LogP contribution in [-0.2, 0) is 4.79 Å². The summed E-state index contributed by atoms with van der Waals surface area (Å²) < 4.78 is 11.3. The first-order valence-electron chi connectivity index (χ1n) is 10.0. The number of nitrogens with one attached hydrogen (secondary N) is 2. The van der Waals surface area contributed by atoms with Crippen molar-refractivity contribution in [1.29, 1.82) is 0 Å². The van der Waals surface area contributed by atoms with Gasteiger partial charge < -0.3 is 14.8 Å². The van der Waals surface area contributed by atoms with Gasteiger partial charge in [0.15, 0.2) is 18.1 Å². The largest absolute Gasteiger partial charge is 0.490 e. The molecule has 0 atom stereocenters. The van der Waals surface area contributed by atoms with Crippen molar-refractivity contribution in [1.82, 2.24) is 10.4 Å². The number of carbonyl (C=O) groups excluding carboxylic acids is 2. The van der Waals surface area contributed by atoms with Gasteiger partial charge in [0.2, 0.25) is 0 Å². The number of amides is 2. The van der Waals surface area contributed by atoms with Crippen molar-refractivity contribution >= 4 is 23.7 Å². The van der Waals surface area contributed by atoms with Gasteiger partial charge in [0.05, 0.1) is 12.8 Å². The van der Waals surface area contributed by atoms with E-state index in [1.54, 1.807) is 30.3 Å². The molecule has 0 aliphatic heterocycles. The summed E-state index contributed by atoms with van der Waals surface area (Å²) in [5, 5.41) is 6.75. The van der Waals surface area contributed by atoms with Crippen molar-refractivity contribution in [3.8, 4) is 11.5 Å². The van der Waals surface area contributed by atoms with E-state index in [1.807, 2.05) is 38.1 Å². The Morgan fingerprint density at radius 3 is 2.47 bits per heavy atom. The SMILES string of the molecule is CCOc1cc(/C=N\NC(=O)c2ccncc2)ccc1OCC(=O)Nc1ccc(C)cc1. The summed E-state index contributed by atoms with van der Waals surface area (Å²) in [6, 6.07) is 15.9. The fourth-order valence-corrected chi connectivity index (χ4v) is 2.70. The monoisotopic (exact) mass is 432 g/mol. The third-order valence-electron chi connectivity index (χ3n) is 4.28. The summed E-state index contributed by atoms with van der Waals surface area (Å²) in [5.74, 6) is 0.290. The zero-order valence-electron chi connectivity index (χ0n) is 17.9. The number of ether oxygens (including phenoxy) is 2. The molecule has 0 unspecified atom stereocenters.